The number of carbonyl (C=O) groups is 1. The summed E-state index contributed by atoms with van der Waals surface area (Å²) < 4.78 is 38.5. The molecule has 0 radical (unpaired) electrons. The van der Waals surface area contributed by atoms with Gasteiger partial charge in [0.15, 0.2) is 0 Å². The number of pyridine rings is 2. The first-order valence-corrected chi connectivity index (χ1v) is 10.1. The van der Waals surface area contributed by atoms with E-state index < -0.39 is 17.8 Å². The highest BCUT2D eigenvalue weighted by atomic mass is 35.5. The molecule has 0 bridgehead atoms. The van der Waals surface area contributed by atoms with Gasteiger partial charge in [0.1, 0.15) is 17.3 Å². The van der Waals surface area contributed by atoms with Crippen molar-refractivity contribution in [3.05, 3.63) is 64.6 Å². The minimum absolute atomic E-state index is 0.0296. The summed E-state index contributed by atoms with van der Waals surface area (Å²) >= 11 is 6.37. The minimum atomic E-state index is -4.58. The number of alkyl halides is 3. The van der Waals surface area contributed by atoms with Crippen LogP contribution in [0.3, 0.4) is 0 Å². The van der Waals surface area contributed by atoms with Crippen molar-refractivity contribution in [3.63, 3.8) is 0 Å². The van der Waals surface area contributed by atoms with Crippen LogP contribution in [0.2, 0.25) is 5.02 Å². The molecule has 4 rings (SSSR count). The molecule has 0 saturated carbocycles. The van der Waals surface area contributed by atoms with Gasteiger partial charge in [-0.25, -0.2) is 15.0 Å². The average Bonchev–Trinajstić information content (AvgIpc) is 3.17. The molecule has 3 heterocycles. The molecule has 2 N–H and O–H groups in total. The molecule has 0 aliphatic heterocycles. The van der Waals surface area contributed by atoms with E-state index in [2.05, 4.69) is 25.3 Å². The zero-order chi connectivity index (χ0) is 23.9. The molecular formula is C22H18ClF3N6O. The van der Waals surface area contributed by atoms with Crippen molar-refractivity contribution in [2.24, 2.45) is 0 Å². The van der Waals surface area contributed by atoms with E-state index in [1.165, 1.54) is 6.92 Å². The van der Waals surface area contributed by atoms with Crippen LogP contribution in [-0.2, 0) is 6.18 Å². The van der Waals surface area contributed by atoms with E-state index >= 15 is 0 Å². The Hall–Kier alpha value is -3.66. The Labute approximate surface area is 191 Å². The number of rotatable bonds is 4. The number of H-pyrrole nitrogens is 1. The van der Waals surface area contributed by atoms with Crippen molar-refractivity contribution in [2.45, 2.75) is 13.1 Å². The summed E-state index contributed by atoms with van der Waals surface area (Å²) in [5.41, 5.74) is 1.30. The smallest absolute Gasteiger partial charge is 0.363 e. The Kier molecular flexibility index (Phi) is 5.71. The van der Waals surface area contributed by atoms with Gasteiger partial charge in [-0.1, -0.05) is 11.6 Å². The molecule has 3 aromatic heterocycles. The van der Waals surface area contributed by atoms with Gasteiger partial charge in [0.25, 0.3) is 5.91 Å². The van der Waals surface area contributed by atoms with Gasteiger partial charge in [-0.05, 0) is 37.3 Å². The highest BCUT2D eigenvalue weighted by Gasteiger charge is 2.33. The number of benzene rings is 1. The number of nitrogens with one attached hydrogen (secondary N) is 2. The Morgan fingerprint density at radius 1 is 1.12 bits per heavy atom. The lowest BCUT2D eigenvalue weighted by molar-refractivity contribution is -0.141. The normalized spacial score (nSPS) is 11.6. The highest BCUT2D eigenvalue weighted by Crippen LogP contribution is 2.31. The van der Waals surface area contributed by atoms with Crippen LogP contribution in [0.15, 0.2) is 42.6 Å². The van der Waals surface area contributed by atoms with Gasteiger partial charge >= 0.3 is 6.18 Å². The second kappa shape index (κ2) is 8.36. The standard InChI is InChI=1S/C22H18ClF3N6O/c1-11-13(5-7-18(28-11)22(24,25)26)21(33)29-12-4-6-15(23)14(8-12)20-30-16-9-19(32(2)3)27-10-17(16)31-20/h4-10H,1-3H3,(H,29,33)(H,30,31). The molecule has 1 amide bonds. The van der Waals surface area contributed by atoms with Crippen LogP contribution < -0.4 is 10.2 Å². The van der Waals surface area contributed by atoms with E-state index in [0.29, 0.717) is 33.1 Å². The van der Waals surface area contributed by atoms with Crippen LogP contribution in [0.1, 0.15) is 21.7 Å². The third-order valence-corrected chi connectivity index (χ3v) is 5.24. The minimum Gasteiger partial charge on any atom is -0.363 e. The first kappa shape index (κ1) is 22.5. The lowest BCUT2D eigenvalue weighted by Crippen LogP contribution is -2.16. The molecule has 0 fully saturated rings. The summed E-state index contributed by atoms with van der Waals surface area (Å²) in [7, 11) is 3.75. The quantitative estimate of drug-likeness (QED) is 0.418. The van der Waals surface area contributed by atoms with Crippen molar-refractivity contribution in [3.8, 4) is 11.4 Å². The maximum atomic E-state index is 12.8. The van der Waals surface area contributed by atoms with Crippen LogP contribution in [0.4, 0.5) is 24.7 Å². The van der Waals surface area contributed by atoms with Gasteiger partial charge in [-0.15, -0.1) is 0 Å². The number of nitrogens with zero attached hydrogens (tertiary/aromatic N) is 4. The predicted octanol–water partition coefficient (Wildman–Crippen LogP) is 5.32. The molecule has 11 heteroatoms. The lowest BCUT2D eigenvalue weighted by Gasteiger charge is -2.11. The van der Waals surface area contributed by atoms with Gasteiger partial charge in [0.2, 0.25) is 0 Å². The van der Waals surface area contributed by atoms with Crippen molar-refractivity contribution in [1.29, 1.82) is 0 Å². The average molecular weight is 475 g/mol. The Bertz CT molecular complexity index is 1370. The first-order chi connectivity index (χ1) is 15.5. The van der Waals surface area contributed by atoms with Gasteiger partial charge < -0.3 is 15.2 Å². The van der Waals surface area contributed by atoms with Crippen LogP contribution in [0.25, 0.3) is 22.4 Å². The Balaban J connectivity index is 1.63. The Morgan fingerprint density at radius 3 is 2.55 bits per heavy atom. The predicted molar refractivity (Wildman–Crippen MR) is 121 cm³/mol. The number of amides is 1. The molecule has 7 nitrogen and oxygen atoms in total. The fourth-order valence-electron chi connectivity index (χ4n) is 3.21. The second-order valence-corrected chi connectivity index (χ2v) is 7.92. The number of anilines is 2. The molecule has 1 aromatic carbocycles. The third-order valence-electron chi connectivity index (χ3n) is 4.91. The van der Waals surface area contributed by atoms with E-state index in [-0.39, 0.29) is 11.3 Å². The lowest BCUT2D eigenvalue weighted by atomic mass is 10.1. The monoisotopic (exact) mass is 474 g/mol. The van der Waals surface area contributed by atoms with E-state index in [9.17, 15) is 18.0 Å². The maximum absolute atomic E-state index is 12.8. The molecule has 0 spiro atoms. The number of hydrogen-bond acceptors (Lipinski definition) is 5. The number of hydrogen-bond donors (Lipinski definition) is 2. The third kappa shape index (κ3) is 4.61. The SMILES string of the molecule is Cc1nc(C(F)(F)F)ccc1C(=O)Nc1ccc(Cl)c(-c2nc3cc(N(C)C)ncc3[nH]2)c1. The van der Waals surface area contributed by atoms with Crippen molar-refractivity contribution < 1.29 is 18.0 Å². The van der Waals surface area contributed by atoms with E-state index in [1.54, 1.807) is 24.4 Å². The number of halogens is 4. The van der Waals surface area contributed by atoms with Crippen molar-refractivity contribution in [2.75, 3.05) is 24.3 Å². The number of aromatic nitrogens is 4. The highest BCUT2D eigenvalue weighted by molar-refractivity contribution is 6.33. The van der Waals surface area contributed by atoms with Crippen LogP contribution in [-0.4, -0.2) is 39.9 Å². The molecule has 4 aromatic rings. The van der Waals surface area contributed by atoms with E-state index in [1.807, 2.05) is 25.1 Å². The number of fused-ring (bicyclic) bond motifs is 1. The van der Waals surface area contributed by atoms with Crippen LogP contribution in [0.5, 0.6) is 0 Å². The number of aryl methyl sites for hydroxylation is 1. The van der Waals surface area contributed by atoms with E-state index in [0.717, 1.165) is 18.0 Å². The summed E-state index contributed by atoms with van der Waals surface area (Å²) in [4.78, 5) is 30.1. The summed E-state index contributed by atoms with van der Waals surface area (Å²) in [6, 6.07) is 8.53. The zero-order valence-electron chi connectivity index (χ0n) is 17.8. The van der Waals surface area contributed by atoms with Crippen LogP contribution >= 0.6 is 11.6 Å². The fourth-order valence-corrected chi connectivity index (χ4v) is 3.42. The summed E-state index contributed by atoms with van der Waals surface area (Å²) in [6.07, 6.45) is -2.92. The van der Waals surface area contributed by atoms with Crippen LogP contribution in [0, 0.1) is 6.92 Å². The molecule has 170 valence electrons. The summed E-state index contributed by atoms with van der Waals surface area (Å²) in [6.45, 7) is 1.35. The molecule has 0 aliphatic rings. The van der Waals surface area contributed by atoms with Gasteiger partial charge in [-0.3, -0.25) is 4.79 Å². The summed E-state index contributed by atoms with van der Waals surface area (Å²) in [5, 5.41) is 3.08. The molecule has 0 atom stereocenters. The summed E-state index contributed by atoms with van der Waals surface area (Å²) in [5.74, 6) is 0.635. The Morgan fingerprint density at radius 2 is 1.88 bits per heavy atom. The van der Waals surface area contributed by atoms with Gasteiger partial charge in [-0.2, -0.15) is 13.2 Å². The topological polar surface area (TPSA) is 86.8 Å². The van der Waals surface area contributed by atoms with Gasteiger partial charge in [0.05, 0.1) is 33.5 Å². The number of carbonyl (C=O) groups excluding carboxylic acids is 1. The maximum Gasteiger partial charge on any atom is 0.433 e. The molecule has 0 aliphatic carbocycles. The molecule has 0 saturated heterocycles. The van der Waals surface area contributed by atoms with Gasteiger partial charge in [0, 0.05) is 31.4 Å². The fraction of sp³-hybridized carbons (Fsp3) is 0.182. The number of aromatic amines is 1. The second-order valence-electron chi connectivity index (χ2n) is 7.52. The largest absolute Gasteiger partial charge is 0.433 e. The first-order valence-electron chi connectivity index (χ1n) is 9.72. The molecule has 0 unspecified atom stereocenters. The van der Waals surface area contributed by atoms with E-state index in [4.69, 9.17) is 11.6 Å². The number of imidazole rings is 1. The van der Waals surface area contributed by atoms with Crippen molar-refractivity contribution >= 4 is 40.0 Å². The molecule has 33 heavy (non-hydrogen) atoms. The van der Waals surface area contributed by atoms with Crippen molar-refractivity contribution in [1.82, 2.24) is 19.9 Å². The zero-order valence-corrected chi connectivity index (χ0v) is 18.5. The molecular weight excluding hydrogens is 457 g/mol.